The lowest BCUT2D eigenvalue weighted by atomic mass is 10.0. The zero-order valence-corrected chi connectivity index (χ0v) is 14.0. The first-order valence-corrected chi connectivity index (χ1v) is 7.72. The van der Waals surface area contributed by atoms with Gasteiger partial charge in [-0.3, -0.25) is 4.79 Å². The number of hydrogen-bond donors (Lipinski definition) is 2. The van der Waals surface area contributed by atoms with Gasteiger partial charge in [0.25, 0.3) is 0 Å². The molecule has 0 saturated heterocycles. The van der Waals surface area contributed by atoms with Crippen molar-refractivity contribution >= 4 is 11.7 Å². The summed E-state index contributed by atoms with van der Waals surface area (Å²) in [5.41, 5.74) is 6.65. The Morgan fingerprint density at radius 3 is 2.72 bits per heavy atom. The van der Waals surface area contributed by atoms with Crippen molar-refractivity contribution < 1.29 is 9.53 Å². The summed E-state index contributed by atoms with van der Waals surface area (Å²) in [5.74, 6) is 1.54. The third-order valence-electron chi connectivity index (χ3n) is 3.90. The van der Waals surface area contributed by atoms with E-state index in [0.717, 1.165) is 17.1 Å². The van der Waals surface area contributed by atoms with Crippen molar-refractivity contribution in [1.29, 1.82) is 0 Å². The van der Waals surface area contributed by atoms with Gasteiger partial charge in [0.2, 0.25) is 5.91 Å². The number of hydrogen-bond acceptors (Lipinski definition) is 5. The number of pyridine rings is 1. The number of aromatic nitrogens is 3. The highest BCUT2D eigenvalue weighted by Crippen LogP contribution is 2.31. The van der Waals surface area contributed by atoms with Crippen LogP contribution in [0.3, 0.4) is 0 Å². The normalized spacial score (nSPS) is 11.8. The van der Waals surface area contributed by atoms with E-state index in [4.69, 9.17) is 10.5 Å². The van der Waals surface area contributed by atoms with Crippen molar-refractivity contribution in [2.24, 2.45) is 12.8 Å². The Morgan fingerprint density at radius 1 is 1.24 bits per heavy atom. The van der Waals surface area contributed by atoms with Crippen molar-refractivity contribution in [1.82, 2.24) is 14.5 Å². The maximum Gasteiger partial charge on any atom is 0.248 e. The number of nitrogens with two attached hydrogens (primary N) is 1. The van der Waals surface area contributed by atoms with E-state index in [1.807, 2.05) is 42.1 Å². The van der Waals surface area contributed by atoms with Gasteiger partial charge in [0.1, 0.15) is 23.4 Å². The number of carbonyl (C=O) groups excluding carboxylic acids is 1. The molecule has 128 valence electrons. The van der Waals surface area contributed by atoms with Crippen LogP contribution in [-0.2, 0) is 7.05 Å². The molecule has 2 heterocycles. The van der Waals surface area contributed by atoms with Gasteiger partial charge >= 0.3 is 0 Å². The van der Waals surface area contributed by atoms with E-state index in [1.54, 1.807) is 31.6 Å². The van der Waals surface area contributed by atoms with Gasteiger partial charge in [-0.2, -0.15) is 0 Å². The number of aryl methyl sites for hydroxylation is 1. The summed E-state index contributed by atoms with van der Waals surface area (Å²) >= 11 is 0. The number of benzene rings is 1. The Balaban J connectivity index is 2.05. The van der Waals surface area contributed by atoms with E-state index in [2.05, 4.69) is 15.3 Å². The van der Waals surface area contributed by atoms with Crippen molar-refractivity contribution in [3.8, 4) is 5.75 Å². The molecule has 0 bridgehead atoms. The summed E-state index contributed by atoms with van der Waals surface area (Å²) in [7, 11) is 3.54. The molecule has 3 rings (SSSR count). The molecule has 25 heavy (non-hydrogen) atoms. The molecule has 0 spiro atoms. The van der Waals surface area contributed by atoms with Crippen LogP contribution in [0.2, 0.25) is 0 Å². The minimum atomic E-state index is -0.503. The van der Waals surface area contributed by atoms with Crippen molar-refractivity contribution in [2.45, 2.75) is 6.04 Å². The molecule has 1 unspecified atom stereocenters. The molecule has 0 aliphatic rings. The van der Waals surface area contributed by atoms with Crippen LogP contribution in [0.25, 0.3) is 0 Å². The standard InChI is InChI=1S/C18H19N5O2/c1-23-10-9-21-18(23)16(13-5-3-4-6-14(13)25-2)22-15-11-12(17(19)24)7-8-20-15/h3-11,16H,1-2H3,(H2,19,24)(H,20,22). The number of nitrogens with one attached hydrogen (secondary N) is 1. The first-order chi connectivity index (χ1) is 12.1. The highest BCUT2D eigenvalue weighted by atomic mass is 16.5. The zero-order valence-electron chi connectivity index (χ0n) is 14.0. The maximum atomic E-state index is 11.4. The third-order valence-corrected chi connectivity index (χ3v) is 3.90. The molecule has 1 aromatic carbocycles. The Labute approximate surface area is 145 Å². The Bertz CT molecular complexity index is 890. The molecule has 0 aliphatic heterocycles. The summed E-state index contributed by atoms with van der Waals surface area (Å²) < 4.78 is 7.41. The molecule has 1 atom stereocenters. The van der Waals surface area contributed by atoms with Crippen LogP contribution < -0.4 is 15.8 Å². The van der Waals surface area contributed by atoms with Gasteiger partial charge in [0.05, 0.1) is 7.11 Å². The molecular formula is C18H19N5O2. The van der Waals surface area contributed by atoms with Crippen molar-refractivity contribution in [3.05, 3.63) is 71.9 Å². The topological polar surface area (TPSA) is 95.1 Å². The fourth-order valence-corrected chi connectivity index (χ4v) is 2.65. The molecule has 0 saturated carbocycles. The van der Waals surface area contributed by atoms with Crippen molar-refractivity contribution in [2.75, 3.05) is 12.4 Å². The number of primary amides is 1. The predicted molar refractivity (Wildman–Crippen MR) is 94.4 cm³/mol. The second kappa shape index (κ2) is 7.04. The lowest BCUT2D eigenvalue weighted by Crippen LogP contribution is -2.19. The van der Waals surface area contributed by atoms with E-state index >= 15 is 0 Å². The van der Waals surface area contributed by atoms with Gasteiger partial charge in [-0.25, -0.2) is 9.97 Å². The lowest BCUT2D eigenvalue weighted by molar-refractivity contribution is 0.1000. The number of carbonyl (C=O) groups is 1. The number of methoxy groups -OCH3 is 1. The smallest absolute Gasteiger partial charge is 0.248 e. The van der Waals surface area contributed by atoms with Gasteiger partial charge < -0.3 is 20.4 Å². The van der Waals surface area contributed by atoms with Gasteiger partial charge in [0, 0.05) is 36.8 Å². The first kappa shape index (κ1) is 16.5. The van der Waals surface area contributed by atoms with Gasteiger partial charge in [-0.15, -0.1) is 0 Å². The van der Waals surface area contributed by atoms with Gasteiger partial charge in [-0.1, -0.05) is 18.2 Å². The largest absolute Gasteiger partial charge is 0.496 e. The number of imidazole rings is 1. The number of ether oxygens (including phenoxy) is 1. The molecule has 0 aliphatic carbocycles. The number of nitrogens with zero attached hydrogens (tertiary/aromatic N) is 3. The van der Waals surface area contributed by atoms with Crippen molar-refractivity contribution in [3.63, 3.8) is 0 Å². The van der Waals surface area contributed by atoms with E-state index in [9.17, 15) is 4.79 Å². The van der Waals surface area contributed by atoms with Crippen LogP contribution in [0.5, 0.6) is 5.75 Å². The molecule has 2 aromatic heterocycles. The Morgan fingerprint density at radius 2 is 2.04 bits per heavy atom. The summed E-state index contributed by atoms with van der Waals surface area (Å²) in [6.45, 7) is 0. The second-order valence-electron chi connectivity index (χ2n) is 5.51. The summed E-state index contributed by atoms with van der Waals surface area (Å²) in [6.07, 6.45) is 5.14. The molecule has 1 amide bonds. The number of para-hydroxylation sites is 1. The van der Waals surface area contributed by atoms with Gasteiger partial charge in [-0.05, 0) is 18.2 Å². The van der Waals surface area contributed by atoms with E-state index in [-0.39, 0.29) is 6.04 Å². The zero-order chi connectivity index (χ0) is 17.8. The molecule has 7 nitrogen and oxygen atoms in total. The fraction of sp³-hybridized carbons (Fsp3) is 0.167. The van der Waals surface area contributed by atoms with Crippen LogP contribution in [0.4, 0.5) is 5.82 Å². The number of rotatable bonds is 6. The third kappa shape index (κ3) is 3.45. The van der Waals surface area contributed by atoms with E-state index < -0.39 is 5.91 Å². The monoisotopic (exact) mass is 337 g/mol. The average molecular weight is 337 g/mol. The fourth-order valence-electron chi connectivity index (χ4n) is 2.65. The lowest BCUT2D eigenvalue weighted by Gasteiger charge is -2.21. The quantitative estimate of drug-likeness (QED) is 0.718. The maximum absolute atomic E-state index is 11.4. The Hall–Kier alpha value is -3.35. The first-order valence-electron chi connectivity index (χ1n) is 7.72. The highest BCUT2D eigenvalue weighted by molar-refractivity contribution is 5.93. The highest BCUT2D eigenvalue weighted by Gasteiger charge is 2.22. The Kier molecular flexibility index (Phi) is 4.65. The average Bonchev–Trinajstić information content (AvgIpc) is 3.05. The second-order valence-corrected chi connectivity index (χ2v) is 5.51. The minimum Gasteiger partial charge on any atom is -0.496 e. The molecule has 7 heteroatoms. The van der Waals surface area contributed by atoms with Crippen LogP contribution >= 0.6 is 0 Å². The predicted octanol–water partition coefficient (Wildman–Crippen LogP) is 2.12. The van der Waals surface area contributed by atoms with Gasteiger partial charge in [0.15, 0.2) is 0 Å². The molecule has 3 N–H and O–H groups in total. The molecule has 3 aromatic rings. The minimum absolute atomic E-state index is 0.313. The van der Waals surface area contributed by atoms with Crippen LogP contribution in [0.15, 0.2) is 55.0 Å². The number of anilines is 1. The molecular weight excluding hydrogens is 318 g/mol. The van der Waals surface area contributed by atoms with E-state index in [1.165, 1.54) is 0 Å². The number of amides is 1. The van der Waals surface area contributed by atoms with Crippen LogP contribution in [0.1, 0.15) is 27.8 Å². The van der Waals surface area contributed by atoms with E-state index in [0.29, 0.717) is 11.4 Å². The van der Waals surface area contributed by atoms with Crippen LogP contribution in [-0.4, -0.2) is 27.6 Å². The summed E-state index contributed by atoms with van der Waals surface area (Å²) in [4.78, 5) is 20.2. The summed E-state index contributed by atoms with van der Waals surface area (Å²) in [5, 5.41) is 3.33. The molecule has 0 fully saturated rings. The summed E-state index contributed by atoms with van der Waals surface area (Å²) in [6, 6.07) is 10.6. The molecule has 0 radical (unpaired) electrons. The van der Waals surface area contributed by atoms with Crippen LogP contribution in [0, 0.1) is 0 Å². The SMILES string of the molecule is COc1ccccc1C(Nc1cc(C(N)=O)ccn1)c1nccn1C.